The standard InChI is InChI=1S/C20H18BrCl2N3O3S2/c1-29-18-5-3-14(21)11-19(18)31(27,28)26-8-6-25(7-9-26)20-24-17(12-30-20)13-2-4-15(22)16(23)10-13/h2-5,10-12H,6-9H2,1H3. The summed E-state index contributed by atoms with van der Waals surface area (Å²) in [6, 6.07) is 10.4. The number of benzene rings is 2. The Kier molecular flexibility index (Phi) is 6.81. The predicted molar refractivity (Wildman–Crippen MR) is 129 cm³/mol. The largest absolute Gasteiger partial charge is 0.495 e. The van der Waals surface area contributed by atoms with Crippen molar-refractivity contribution in [3.8, 4) is 17.0 Å². The van der Waals surface area contributed by atoms with Crippen LogP contribution in [-0.4, -0.2) is 51.0 Å². The molecule has 6 nitrogen and oxygen atoms in total. The van der Waals surface area contributed by atoms with Gasteiger partial charge in [0.05, 0.1) is 22.8 Å². The van der Waals surface area contributed by atoms with Crippen LogP contribution in [0, 0.1) is 0 Å². The molecule has 0 N–H and O–H groups in total. The molecule has 1 aromatic heterocycles. The molecule has 0 saturated carbocycles. The van der Waals surface area contributed by atoms with E-state index in [-0.39, 0.29) is 4.90 Å². The zero-order valence-corrected chi connectivity index (χ0v) is 21.1. The van der Waals surface area contributed by atoms with Gasteiger partial charge in [-0.1, -0.05) is 45.2 Å². The normalized spacial score (nSPS) is 15.3. The summed E-state index contributed by atoms with van der Waals surface area (Å²) in [5.74, 6) is 0.330. The second kappa shape index (κ2) is 9.25. The van der Waals surface area contributed by atoms with Gasteiger partial charge in [-0.15, -0.1) is 11.3 Å². The number of methoxy groups -OCH3 is 1. The summed E-state index contributed by atoms with van der Waals surface area (Å²) in [6.45, 7) is 1.81. The molecule has 1 aliphatic rings. The molecule has 0 bridgehead atoms. The number of hydrogen-bond donors (Lipinski definition) is 0. The SMILES string of the molecule is COc1ccc(Br)cc1S(=O)(=O)N1CCN(c2nc(-c3ccc(Cl)c(Cl)c3)cs2)CC1. The molecular weight excluding hydrogens is 545 g/mol. The summed E-state index contributed by atoms with van der Waals surface area (Å²) in [5.41, 5.74) is 1.70. The summed E-state index contributed by atoms with van der Waals surface area (Å²) in [7, 11) is -2.21. The summed E-state index contributed by atoms with van der Waals surface area (Å²) in [5, 5.41) is 3.79. The van der Waals surface area contributed by atoms with Crippen LogP contribution >= 0.6 is 50.5 Å². The maximum Gasteiger partial charge on any atom is 0.246 e. The van der Waals surface area contributed by atoms with E-state index in [9.17, 15) is 8.42 Å². The minimum Gasteiger partial charge on any atom is -0.495 e. The van der Waals surface area contributed by atoms with E-state index in [2.05, 4.69) is 20.8 Å². The van der Waals surface area contributed by atoms with Crippen molar-refractivity contribution in [2.45, 2.75) is 4.90 Å². The number of sulfonamides is 1. The van der Waals surface area contributed by atoms with E-state index in [1.54, 1.807) is 30.3 Å². The lowest BCUT2D eigenvalue weighted by Gasteiger charge is -2.34. The van der Waals surface area contributed by atoms with Crippen molar-refractivity contribution in [3.63, 3.8) is 0 Å². The number of ether oxygens (including phenoxy) is 1. The Morgan fingerprint density at radius 3 is 2.48 bits per heavy atom. The Balaban J connectivity index is 1.49. The van der Waals surface area contributed by atoms with Crippen LogP contribution in [0.1, 0.15) is 0 Å². The second-order valence-electron chi connectivity index (χ2n) is 6.83. The fourth-order valence-electron chi connectivity index (χ4n) is 3.31. The molecule has 0 amide bonds. The topological polar surface area (TPSA) is 62.7 Å². The lowest BCUT2D eigenvalue weighted by atomic mass is 10.2. The number of nitrogens with zero attached hydrogens (tertiary/aromatic N) is 3. The van der Waals surface area contributed by atoms with Gasteiger partial charge in [-0.3, -0.25) is 0 Å². The average Bonchev–Trinajstić information content (AvgIpc) is 3.26. The van der Waals surface area contributed by atoms with Crippen LogP contribution in [0.3, 0.4) is 0 Å². The molecule has 31 heavy (non-hydrogen) atoms. The quantitative estimate of drug-likeness (QED) is 0.416. The molecule has 1 aliphatic heterocycles. The predicted octanol–water partition coefficient (Wildman–Crippen LogP) is 5.40. The first kappa shape index (κ1) is 22.8. The zero-order valence-electron chi connectivity index (χ0n) is 16.4. The Labute approximate surface area is 203 Å². The average molecular weight is 563 g/mol. The van der Waals surface area contributed by atoms with Crippen molar-refractivity contribution in [3.05, 3.63) is 56.3 Å². The number of hydrogen-bond acceptors (Lipinski definition) is 6. The molecule has 0 radical (unpaired) electrons. The Bertz CT molecular complexity index is 1210. The van der Waals surface area contributed by atoms with Crippen molar-refractivity contribution in [2.24, 2.45) is 0 Å². The highest BCUT2D eigenvalue weighted by atomic mass is 79.9. The van der Waals surface area contributed by atoms with Gasteiger partial charge in [0, 0.05) is 41.6 Å². The number of halogens is 3. The number of anilines is 1. The highest BCUT2D eigenvalue weighted by molar-refractivity contribution is 9.10. The maximum absolute atomic E-state index is 13.2. The zero-order chi connectivity index (χ0) is 22.2. The highest BCUT2D eigenvalue weighted by Gasteiger charge is 2.31. The fourth-order valence-corrected chi connectivity index (χ4v) is 6.61. The van der Waals surface area contributed by atoms with Crippen molar-refractivity contribution in [1.29, 1.82) is 0 Å². The Morgan fingerprint density at radius 1 is 1.06 bits per heavy atom. The van der Waals surface area contributed by atoms with Crippen LogP contribution in [0.25, 0.3) is 11.3 Å². The third-order valence-corrected chi connectivity index (χ3v) is 9.01. The smallest absolute Gasteiger partial charge is 0.246 e. The first-order valence-corrected chi connectivity index (χ1v) is 13.2. The molecular formula is C20H18BrCl2N3O3S2. The lowest BCUT2D eigenvalue weighted by molar-refractivity contribution is 0.374. The molecule has 2 heterocycles. The monoisotopic (exact) mass is 561 g/mol. The van der Waals surface area contributed by atoms with Crippen LogP contribution in [0.5, 0.6) is 5.75 Å². The first-order valence-electron chi connectivity index (χ1n) is 9.29. The van der Waals surface area contributed by atoms with E-state index < -0.39 is 10.0 Å². The summed E-state index contributed by atoms with van der Waals surface area (Å²) in [4.78, 5) is 6.96. The Morgan fingerprint density at radius 2 is 1.81 bits per heavy atom. The van der Waals surface area contributed by atoms with Gasteiger partial charge in [0.2, 0.25) is 10.0 Å². The lowest BCUT2D eigenvalue weighted by Crippen LogP contribution is -2.48. The van der Waals surface area contributed by atoms with Gasteiger partial charge < -0.3 is 9.64 Å². The minimum absolute atomic E-state index is 0.161. The molecule has 0 unspecified atom stereocenters. The fraction of sp³-hybridized carbons (Fsp3) is 0.250. The molecule has 0 atom stereocenters. The van der Waals surface area contributed by atoms with Crippen LogP contribution < -0.4 is 9.64 Å². The molecule has 11 heteroatoms. The molecule has 1 fully saturated rings. The van der Waals surface area contributed by atoms with E-state index >= 15 is 0 Å². The third-order valence-electron chi connectivity index (χ3n) is 4.96. The minimum atomic E-state index is -3.67. The van der Waals surface area contributed by atoms with Crippen LogP contribution in [-0.2, 0) is 10.0 Å². The van der Waals surface area contributed by atoms with Gasteiger partial charge >= 0.3 is 0 Å². The number of piperazine rings is 1. The molecule has 1 saturated heterocycles. The van der Waals surface area contributed by atoms with E-state index in [1.165, 1.54) is 22.8 Å². The van der Waals surface area contributed by atoms with Gasteiger partial charge in [-0.05, 0) is 30.3 Å². The molecule has 4 rings (SSSR count). The van der Waals surface area contributed by atoms with Gasteiger partial charge in [0.15, 0.2) is 5.13 Å². The molecule has 0 spiro atoms. The van der Waals surface area contributed by atoms with Crippen LogP contribution in [0.15, 0.2) is 51.1 Å². The number of aromatic nitrogens is 1. The summed E-state index contributed by atoms with van der Waals surface area (Å²) >= 11 is 17.0. The third kappa shape index (κ3) is 4.72. The highest BCUT2D eigenvalue weighted by Crippen LogP contribution is 2.33. The molecule has 2 aromatic carbocycles. The van der Waals surface area contributed by atoms with E-state index in [0.29, 0.717) is 46.4 Å². The maximum atomic E-state index is 13.2. The summed E-state index contributed by atoms with van der Waals surface area (Å²) in [6.07, 6.45) is 0. The number of rotatable bonds is 5. The van der Waals surface area contributed by atoms with Crippen molar-refractivity contribution < 1.29 is 13.2 Å². The van der Waals surface area contributed by atoms with E-state index in [1.807, 2.05) is 11.4 Å². The summed E-state index contributed by atoms with van der Waals surface area (Å²) < 4.78 is 33.8. The number of thiazole rings is 1. The van der Waals surface area contributed by atoms with Gasteiger partial charge in [-0.25, -0.2) is 13.4 Å². The van der Waals surface area contributed by atoms with Gasteiger partial charge in [-0.2, -0.15) is 4.31 Å². The molecule has 0 aliphatic carbocycles. The van der Waals surface area contributed by atoms with E-state index in [4.69, 9.17) is 32.9 Å². The van der Waals surface area contributed by atoms with Crippen LogP contribution in [0.4, 0.5) is 5.13 Å². The van der Waals surface area contributed by atoms with Gasteiger partial charge in [0.25, 0.3) is 0 Å². The first-order chi connectivity index (χ1) is 14.8. The van der Waals surface area contributed by atoms with E-state index in [0.717, 1.165) is 16.4 Å². The molecule has 164 valence electrons. The van der Waals surface area contributed by atoms with Crippen molar-refractivity contribution in [2.75, 3.05) is 38.2 Å². The second-order valence-corrected chi connectivity index (χ2v) is 11.3. The molecule has 3 aromatic rings. The Hall–Kier alpha value is -1.36. The van der Waals surface area contributed by atoms with Crippen molar-refractivity contribution >= 4 is 65.6 Å². The van der Waals surface area contributed by atoms with Gasteiger partial charge in [0.1, 0.15) is 10.6 Å². The van der Waals surface area contributed by atoms with Crippen molar-refractivity contribution in [1.82, 2.24) is 9.29 Å². The van der Waals surface area contributed by atoms with Crippen LogP contribution in [0.2, 0.25) is 10.0 Å².